The Morgan fingerprint density at radius 1 is 0.867 bits per heavy atom. The molecule has 30 heavy (non-hydrogen) atoms. The largest absolute Gasteiger partial charge is 0.335 e. The minimum Gasteiger partial charge on any atom is -0.335 e. The van der Waals surface area contributed by atoms with E-state index >= 15 is 0 Å². The van der Waals surface area contributed by atoms with Crippen molar-refractivity contribution in [2.24, 2.45) is 0 Å². The number of amides is 2. The van der Waals surface area contributed by atoms with Crippen LogP contribution in [0.1, 0.15) is 20.7 Å². The molecule has 0 atom stereocenters. The number of carbonyl (C=O) groups excluding carboxylic acids is 2. The molecular formula is C18H14ClFN4O6. The smallest absolute Gasteiger partial charge is 0.277 e. The highest BCUT2D eigenvalue weighted by atomic mass is 35.5. The normalized spacial score (nSPS) is 13.8. The SMILES string of the molecule is O=C(c1cc([N+](=O)[O-])cc([N+](=O)[O-])c1)N1CCN(C(=O)c2cc(Cl)ccc2F)CC1. The molecule has 2 aromatic carbocycles. The van der Waals surface area contributed by atoms with Crippen LogP contribution in [0.3, 0.4) is 0 Å². The Morgan fingerprint density at radius 2 is 1.37 bits per heavy atom. The Kier molecular flexibility index (Phi) is 5.92. The van der Waals surface area contributed by atoms with Gasteiger partial charge in [0.2, 0.25) is 0 Å². The molecule has 0 spiro atoms. The van der Waals surface area contributed by atoms with Crippen LogP contribution in [0, 0.1) is 26.0 Å². The predicted molar refractivity (Wildman–Crippen MR) is 103 cm³/mol. The molecular weight excluding hydrogens is 423 g/mol. The van der Waals surface area contributed by atoms with E-state index in [1.54, 1.807) is 0 Å². The topological polar surface area (TPSA) is 127 Å². The number of nitro benzene ring substituents is 2. The van der Waals surface area contributed by atoms with Gasteiger partial charge in [0.1, 0.15) is 5.82 Å². The van der Waals surface area contributed by atoms with Crippen LogP contribution in [-0.4, -0.2) is 57.6 Å². The molecule has 1 aliphatic rings. The van der Waals surface area contributed by atoms with E-state index in [0.29, 0.717) is 0 Å². The van der Waals surface area contributed by atoms with E-state index in [4.69, 9.17) is 11.6 Å². The number of carbonyl (C=O) groups is 2. The van der Waals surface area contributed by atoms with Gasteiger partial charge in [-0.1, -0.05) is 11.6 Å². The Hall–Kier alpha value is -3.60. The first kappa shape index (κ1) is 21.1. The number of nitro groups is 2. The van der Waals surface area contributed by atoms with Crippen LogP contribution in [0.4, 0.5) is 15.8 Å². The molecule has 0 aliphatic carbocycles. The summed E-state index contributed by atoms with van der Waals surface area (Å²) in [5, 5.41) is 22.2. The van der Waals surface area contributed by atoms with Gasteiger partial charge in [-0.05, 0) is 18.2 Å². The summed E-state index contributed by atoms with van der Waals surface area (Å²) in [5.74, 6) is -1.93. The van der Waals surface area contributed by atoms with E-state index in [1.807, 2.05) is 0 Å². The van der Waals surface area contributed by atoms with Crippen LogP contribution in [0.2, 0.25) is 5.02 Å². The van der Waals surface area contributed by atoms with Crippen molar-refractivity contribution in [3.05, 3.63) is 78.6 Å². The first-order chi connectivity index (χ1) is 14.2. The molecule has 1 aliphatic heterocycles. The van der Waals surface area contributed by atoms with Crippen LogP contribution >= 0.6 is 11.6 Å². The number of hydrogen-bond acceptors (Lipinski definition) is 6. The molecule has 2 aromatic rings. The van der Waals surface area contributed by atoms with E-state index in [0.717, 1.165) is 24.3 Å². The number of hydrogen-bond donors (Lipinski definition) is 0. The van der Waals surface area contributed by atoms with E-state index in [2.05, 4.69) is 0 Å². The second-order valence-electron chi connectivity index (χ2n) is 6.46. The third-order valence-electron chi connectivity index (χ3n) is 4.58. The second kappa shape index (κ2) is 8.41. The van der Waals surface area contributed by atoms with Crippen LogP contribution in [0.15, 0.2) is 36.4 Å². The average molecular weight is 437 g/mol. The molecule has 156 valence electrons. The van der Waals surface area contributed by atoms with Crippen molar-refractivity contribution in [2.75, 3.05) is 26.2 Å². The van der Waals surface area contributed by atoms with Crippen LogP contribution in [0.25, 0.3) is 0 Å². The molecule has 1 fully saturated rings. The number of non-ortho nitro benzene ring substituents is 2. The van der Waals surface area contributed by atoms with Crippen LogP contribution in [0.5, 0.6) is 0 Å². The summed E-state index contributed by atoms with van der Waals surface area (Å²) in [6, 6.07) is 6.33. The van der Waals surface area contributed by atoms with Crippen molar-refractivity contribution in [1.82, 2.24) is 9.80 Å². The minimum absolute atomic E-state index is 0.0727. The summed E-state index contributed by atoms with van der Waals surface area (Å²) in [7, 11) is 0. The second-order valence-corrected chi connectivity index (χ2v) is 6.90. The monoisotopic (exact) mass is 436 g/mol. The average Bonchev–Trinajstić information content (AvgIpc) is 2.74. The standard InChI is InChI=1S/C18H14ClFN4O6/c19-12-1-2-16(20)15(9-12)18(26)22-5-3-21(4-6-22)17(25)11-7-13(23(27)28)10-14(8-11)24(29)30/h1-2,7-10H,3-6H2. The highest BCUT2D eigenvalue weighted by Crippen LogP contribution is 2.24. The van der Waals surface area contributed by atoms with Gasteiger partial charge >= 0.3 is 0 Å². The van der Waals surface area contributed by atoms with Gasteiger partial charge in [0.15, 0.2) is 0 Å². The molecule has 0 radical (unpaired) electrons. The summed E-state index contributed by atoms with van der Waals surface area (Å²) in [6.07, 6.45) is 0. The fourth-order valence-corrected chi connectivity index (χ4v) is 3.23. The molecule has 0 unspecified atom stereocenters. The highest BCUT2D eigenvalue weighted by molar-refractivity contribution is 6.31. The molecule has 0 aromatic heterocycles. The van der Waals surface area contributed by atoms with Gasteiger partial charge in [0.25, 0.3) is 23.2 Å². The fourth-order valence-electron chi connectivity index (χ4n) is 3.06. The lowest BCUT2D eigenvalue weighted by atomic mass is 10.1. The molecule has 1 saturated heterocycles. The van der Waals surface area contributed by atoms with Gasteiger partial charge in [-0.25, -0.2) is 4.39 Å². The van der Waals surface area contributed by atoms with Gasteiger partial charge in [-0.15, -0.1) is 0 Å². The minimum atomic E-state index is -0.820. The number of halogens is 2. The van der Waals surface area contributed by atoms with Crippen molar-refractivity contribution in [3.63, 3.8) is 0 Å². The van der Waals surface area contributed by atoms with Crippen molar-refractivity contribution >= 4 is 34.8 Å². The highest BCUT2D eigenvalue weighted by Gasteiger charge is 2.29. The van der Waals surface area contributed by atoms with Gasteiger partial charge in [-0.3, -0.25) is 29.8 Å². The fraction of sp³-hybridized carbons (Fsp3) is 0.222. The van der Waals surface area contributed by atoms with Gasteiger partial charge < -0.3 is 9.80 Å². The number of rotatable bonds is 4. The maximum absolute atomic E-state index is 13.9. The van der Waals surface area contributed by atoms with Crippen LogP contribution in [-0.2, 0) is 0 Å². The van der Waals surface area contributed by atoms with Crippen molar-refractivity contribution < 1.29 is 23.8 Å². The molecule has 0 N–H and O–H groups in total. The zero-order chi connectivity index (χ0) is 22.0. The predicted octanol–water partition coefficient (Wildman–Crippen LogP) is 2.89. The summed E-state index contributed by atoms with van der Waals surface area (Å²) in [4.78, 5) is 48.3. The number of nitrogens with zero attached hydrogens (tertiary/aromatic N) is 4. The molecule has 2 amide bonds. The van der Waals surface area contributed by atoms with Crippen LogP contribution < -0.4 is 0 Å². The quantitative estimate of drug-likeness (QED) is 0.535. The molecule has 0 saturated carbocycles. The summed E-state index contributed by atoms with van der Waals surface area (Å²) in [6.45, 7) is 0.327. The zero-order valence-corrected chi connectivity index (χ0v) is 16.0. The Labute approximate surface area is 173 Å². The molecule has 3 rings (SSSR count). The maximum atomic E-state index is 13.9. The van der Waals surface area contributed by atoms with E-state index < -0.39 is 38.9 Å². The maximum Gasteiger partial charge on any atom is 0.277 e. The van der Waals surface area contributed by atoms with Crippen molar-refractivity contribution in [1.29, 1.82) is 0 Å². The molecule has 10 nitrogen and oxygen atoms in total. The molecule has 12 heteroatoms. The summed E-state index contributed by atoms with van der Waals surface area (Å²) in [5.41, 5.74) is -1.52. The van der Waals surface area contributed by atoms with Crippen molar-refractivity contribution in [2.45, 2.75) is 0 Å². The Bertz CT molecular complexity index is 1020. The summed E-state index contributed by atoms with van der Waals surface area (Å²) >= 11 is 5.82. The lowest BCUT2D eigenvalue weighted by Gasteiger charge is -2.34. The first-order valence-electron chi connectivity index (χ1n) is 8.65. The summed E-state index contributed by atoms with van der Waals surface area (Å²) < 4.78 is 13.9. The van der Waals surface area contributed by atoms with E-state index in [-0.39, 0.29) is 42.3 Å². The van der Waals surface area contributed by atoms with E-state index in [1.165, 1.54) is 21.9 Å². The van der Waals surface area contributed by atoms with E-state index in [9.17, 15) is 34.2 Å². The third-order valence-corrected chi connectivity index (χ3v) is 4.82. The molecule has 1 heterocycles. The number of piperazine rings is 1. The Balaban J connectivity index is 1.74. The lowest BCUT2D eigenvalue weighted by molar-refractivity contribution is -0.394. The number of benzene rings is 2. The third kappa shape index (κ3) is 4.35. The zero-order valence-electron chi connectivity index (χ0n) is 15.3. The van der Waals surface area contributed by atoms with Gasteiger partial charge in [-0.2, -0.15) is 0 Å². The van der Waals surface area contributed by atoms with Gasteiger partial charge in [0.05, 0.1) is 27.0 Å². The van der Waals surface area contributed by atoms with Crippen molar-refractivity contribution in [3.8, 4) is 0 Å². The lowest BCUT2D eigenvalue weighted by Crippen LogP contribution is -2.50. The molecule has 0 bridgehead atoms. The Morgan fingerprint density at radius 3 is 1.87 bits per heavy atom. The first-order valence-corrected chi connectivity index (χ1v) is 9.02. The van der Waals surface area contributed by atoms with Gasteiger partial charge in [0, 0.05) is 43.3 Å².